The van der Waals surface area contributed by atoms with E-state index in [2.05, 4.69) is 15.6 Å². The number of hydrogen-bond acceptors (Lipinski definition) is 4. The van der Waals surface area contributed by atoms with Crippen LogP contribution in [0.2, 0.25) is 0 Å². The van der Waals surface area contributed by atoms with Gasteiger partial charge in [0.15, 0.2) is 6.29 Å². The number of pyridine rings is 1. The summed E-state index contributed by atoms with van der Waals surface area (Å²) >= 11 is 0. The highest BCUT2D eigenvalue weighted by molar-refractivity contribution is 5.88. The van der Waals surface area contributed by atoms with Crippen LogP contribution in [0.4, 0.5) is 10.6 Å². The molecule has 21 heavy (non-hydrogen) atoms. The average molecular weight is 293 g/mol. The van der Waals surface area contributed by atoms with Crippen molar-refractivity contribution in [2.45, 2.75) is 38.9 Å². The zero-order valence-corrected chi connectivity index (χ0v) is 12.4. The maximum absolute atomic E-state index is 11.7. The zero-order valence-electron chi connectivity index (χ0n) is 12.4. The molecule has 2 N–H and O–H groups in total. The highest BCUT2D eigenvalue weighted by atomic mass is 16.7. The van der Waals surface area contributed by atoms with E-state index < -0.39 is 0 Å². The Hall–Kier alpha value is -1.66. The maximum atomic E-state index is 11.7. The second kappa shape index (κ2) is 8.59. The second-order valence-corrected chi connectivity index (χ2v) is 5.07. The van der Waals surface area contributed by atoms with Crippen LogP contribution < -0.4 is 10.6 Å². The van der Waals surface area contributed by atoms with E-state index in [1.807, 2.05) is 19.1 Å². The zero-order chi connectivity index (χ0) is 14.9. The molecule has 1 atom stereocenters. The molecule has 2 amide bonds. The van der Waals surface area contributed by atoms with E-state index in [1.54, 1.807) is 6.07 Å². The van der Waals surface area contributed by atoms with E-state index in [0.717, 1.165) is 38.0 Å². The maximum Gasteiger partial charge on any atom is 0.320 e. The van der Waals surface area contributed by atoms with E-state index in [1.165, 1.54) is 0 Å². The van der Waals surface area contributed by atoms with Gasteiger partial charge in [0, 0.05) is 18.8 Å². The Morgan fingerprint density at radius 1 is 1.48 bits per heavy atom. The Balaban J connectivity index is 1.54. The minimum Gasteiger partial charge on any atom is -0.353 e. The molecule has 0 spiro atoms. The van der Waals surface area contributed by atoms with Crippen molar-refractivity contribution >= 4 is 11.8 Å². The first kappa shape index (κ1) is 15.7. The molecule has 6 heteroatoms. The lowest BCUT2D eigenvalue weighted by Gasteiger charge is -2.22. The molecule has 1 saturated heterocycles. The molecule has 0 aromatic carbocycles. The van der Waals surface area contributed by atoms with E-state index >= 15 is 0 Å². The predicted octanol–water partition coefficient (Wildman–Crippen LogP) is 2.44. The number of aryl methyl sites for hydroxylation is 1. The summed E-state index contributed by atoms with van der Waals surface area (Å²) in [5.41, 5.74) is 0.869. The number of amides is 2. The molecule has 0 aliphatic carbocycles. The number of carbonyl (C=O) groups is 1. The molecule has 0 bridgehead atoms. The van der Waals surface area contributed by atoms with Crippen LogP contribution in [0.1, 0.15) is 31.4 Å². The van der Waals surface area contributed by atoms with E-state index in [9.17, 15) is 4.79 Å². The molecule has 0 unspecified atom stereocenters. The largest absolute Gasteiger partial charge is 0.353 e. The third-order valence-electron chi connectivity index (χ3n) is 3.18. The van der Waals surface area contributed by atoms with Crippen molar-refractivity contribution in [1.82, 2.24) is 10.3 Å². The summed E-state index contributed by atoms with van der Waals surface area (Å²) in [6, 6.07) is 5.25. The van der Waals surface area contributed by atoms with Gasteiger partial charge in [-0.25, -0.2) is 9.78 Å². The van der Waals surface area contributed by atoms with Crippen LogP contribution in [0.15, 0.2) is 18.2 Å². The molecule has 0 radical (unpaired) electrons. The fourth-order valence-electron chi connectivity index (χ4n) is 2.10. The van der Waals surface area contributed by atoms with Gasteiger partial charge in [0.05, 0.1) is 6.61 Å². The summed E-state index contributed by atoms with van der Waals surface area (Å²) in [5.74, 6) is 0.555. The quantitative estimate of drug-likeness (QED) is 0.790. The van der Waals surface area contributed by atoms with Crippen molar-refractivity contribution in [2.24, 2.45) is 0 Å². The minimum absolute atomic E-state index is 0.0657. The standard InChI is InChI=1S/C15H23N3O3/c1-12-6-4-7-13(17-12)18-15(19)16-9-5-11-21-14-8-2-3-10-20-14/h4,6-7,14H,2-3,5,8-11H2,1H3,(H2,16,17,18,19)/t14-/m1/s1. The van der Waals surface area contributed by atoms with Crippen LogP contribution >= 0.6 is 0 Å². The molecule has 6 nitrogen and oxygen atoms in total. The summed E-state index contributed by atoms with van der Waals surface area (Å²) in [7, 11) is 0. The van der Waals surface area contributed by atoms with Gasteiger partial charge in [-0.2, -0.15) is 0 Å². The normalized spacial score (nSPS) is 18.2. The van der Waals surface area contributed by atoms with Crippen LogP contribution in [0, 0.1) is 6.92 Å². The molecule has 2 rings (SSSR count). The summed E-state index contributed by atoms with van der Waals surface area (Å²) in [4.78, 5) is 15.9. The smallest absolute Gasteiger partial charge is 0.320 e. The fraction of sp³-hybridized carbons (Fsp3) is 0.600. The van der Waals surface area contributed by atoms with Crippen LogP contribution in [0.5, 0.6) is 0 Å². The first-order chi connectivity index (χ1) is 10.2. The van der Waals surface area contributed by atoms with Crippen LogP contribution in [0.3, 0.4) is 0 Å². The van der Waals surface area contributed by atoms with E-state index in [0.29, 0.717) is 19.0 Å². The number of nitrogens with zero attached hydrogens (tertiary/aromatic N) is 1. The van der Waals surface area contributed by atoms with Crippen LogP contribution in [0.25, 0.3) is 0 Å². The Morgan fingerprint density at radius 3 is 3.14 bits per heavy atom. The van der Waals surface area contributed by atoms with Gasteiger partial charge in [0.25, 0.3) is 0 Å². The Morgan fingerprint density at radius 2 is 2.38 bits per heavy atom. The first-order valence-corrected chi connectivity index (χ1v) is 7.46. The van der Waals surface area contributed by atoms with Gasteiger partial charge in [-0.15, -0.1) is 0 Å². The number of hydrogen-bond donors (Lipinski definition) is 2. The van der Waals surface area contributed by atoms with E-state index in [4.69, 9.17) is 9.47 Å². The lowest BCUT2D eigenvalue weighted by molar-refractivity contribution is -0.162. The number of rotatable bonds is 6. The van der Waals surface area contributed by atoms with E-state index in [-0.39, 0.29) is 12.3 Å². The molecule has 1 aliphatic rings. The number of nitrogens with one attached hydrogen (secondary N) is 2. The van der Waals surface area contributed by atoms with Crippen molar-refractivity contribution in [3.05, 3.63) is 23.9 Å². The lowest BCUT2D eigenvalue weighted by Crippen LogP contribution is -2.31. The molecule has 1 aromatic rings. The lowest BCUT2D eigenvalue weighted by atomic mass is 10.2. The van der Waals surface area contributed by atoms with Gasteiger partial charge in [-0.3, -0.25) is 5.32 Å². The number of anilines is 1. The van der Waals surface area contributed by atoms with Crippen molar-refractivity contribution in [3.8, 4) is 0 Å². The van der Waals surface area contributed by atoms with Crippen molar-refractivity contribution < 1.29 is 14.3 Å². The second-order valence-electron chi connectivity index (χ2n) is 5.07. The fourth-order valence-corrected chi connectivity index (χ4v) is 2.10. The van der Waals surface area contributed by atoms with Crippen molar-refractivity contribution in [1.29, 1.82) is 0 Å². The number of carbonyl (C=O) groups excluding carboxylic acids is 1. The highest BCUT2D eigenvalue weighted by Crippen LogP contribution is 2.13. The molecular weight excluding hydrogens is 270 g/mol. The Kier molecular flexibility index (Phi) is 6.43. The van der Waals surface area contributed by atoms with Crippen molar-refractivity contribution in [3.63, 3.8) is 0 Å². The molecule has 1 aromatic heterocycles. The van der Waals surface area contributed by atoms with Gasteiger partial charge in [-0.05, 0) is 44.7 Å². The summed E-state index contributed by atoms with van der Waals surface area (Å²) in [5, 5.41) is 5.47. The summed E-state index contributed by atoms with van der Waals surface area (Å²) in [6.45, 7) is 3.82. The number of ether oxygens (including phenoxy) is 2. The summed E-state index contributed by atoms with van der Waals surface area (Å²) in [6.07, 6.45) is 3.94. The molecule has 2 heterocycles. The highest BCUT2D eigenvalue weighted by Gasteiger charge is 2.13. The molecular formula is C15H23N3O3. The Bertz CT molecular complexity index is 448. The summed E-state index contributed by atoms with van der Waals surface area (Å²) < 4.78 is 11.1. The van der Waals surface area contributed by atoms with Gasteiger partial charge in [0.2, 0.25) is 0 Å². The first-order valence-electron chi connectivity index (χ1n) is 7.46. The minimum atomic E-state index is -0.248. The monoisotopic (exact) mass is 293 g/mol. The SMILES string of the molecule is Cc1cccc(NC(=O)NCCCO[C@@H]2CCCCO2)n1. The van der Waals surface area contributed by atoms with Gasteiger partial charge in [-0.1, -0.05) is 6.07 Å². The molecule has 0 saturated carbocycles. The predicted molar refractivity (Wildman–Crippen MR) is 80.2 cm³/mol. The van der Waals surface area contributed by atoms with Crippen LogP contribution in [-0.2, 0) is 9.47 Å². The number of aromatic nitrogens is 1. The number of urea groups is 1. The molecule has 1 aliphatic heterocycles. The van der Waals surface area contributed by atoms with Crippen molar-refractivity contribution in [2.75, 3.05) is 25.1 Å². The van der Waals surface area contributed by atoms with Gasteiger partial charge >= 0.3 is 6.03 Å². The topological polar surface area (TPSA) is 72.5 Å². The average Bonchev–Trinajstić information content (AvgIpc) is 2.48. The third-order valence-corrected chi connectivity index (χ3v) is 3.18. The van der Waals surface area contributed by atoms with Gasteiger partial charge in [0.1, 0.15) is 5.82 Å². The van der Waals surface area contributed by atoms with Crippen LogP contribution in [-0.4, -0.2) is 37.1 Å². The molecule has 1 fully saturated rings. The Labute approximate surface area is 125 Å². The molecule has 116 valence electrons. The van der Waals surface area contributed by atoms with Gasteiger partial charge < -0.3 is 14.8 Å². The third kappa shape index (κ3) is 6.10.